The number of para-hydroxylation sites is 1. The van der Waals surface area contributed by atoms with Gasteiger partial charge in [0.2, 0.25) is 0 Å². The Labute approximate surface area is 183 Å². The molecule has 6 rings (SSSR count). The van der Waals surface area contributed by atoms with Crippen LogP contribution >= 0.6 is 0 Å². The zero-order valence-electron chi connectivity index (χ0n) is 19.4. The number of fused-ring (bicyclic) bond motifs is 3. The van der Waals surface area contributed by atoms with E-state index in [1.165, 1.54) is 85.1 Å². The predicted octanol–water partition coefficient (Wildman–Crippen LogP) is 7.27. The van der Waals surface area contributed by atoms with Crippen LogP contribution in [-0.4, -0.2) is 11.1 Å². The number of allylic oxidation sites excluding steroid dienone is 1. The van der Waals surface area contributed by atoms with Crippen molar-refractivity contribution in [1.82, 2.24) is 4.90 Å². The van der Waals surface area contributed by atoms with Crippen molar-refractivity contribution in [2.24, 2.45) is 11.8 Å². The molecule has 2 atom stereocenters. The summed E-state index contributed by atoms with van der Waals surface area (Å²) in [6.45, 7) is 4.54. The van der Waals surface area contributed by atoms with Crippen LogP contribution in [0.2, 0.25) is 0 Å². The Hall–Kier alpha value is -2.22. The van der Waals surface area contributed by atoms with Crippen molar-refractivity contribution in [3.05, 3.63) is 70.9 Å². The fourth-order valence-corrected chi connectivity index (χ4v) is 6.81. The first kappa shape index (κ1) is 17.5. The Kier molecular flexibility index (Phi) is 4.18. The molecule has 0 amide bonds. The van der Waals surface area contributed by atoms with Crippen LogP contribution in [0.5, 0.6) is 0 Å². The Bertz CT molecular complexity index is 1030. The maximum absolute atomic E-state index is 10.1. The molecular weight excluding hydrogens is 364 g/mol. The smallest absolute Gasteiger partial charge is 0.110 e. The number of rotatable bonds is 3. The minimum absolute atomic E-state index is 0.254. The Morgan fingerprint density at radius 2 is 1.43 bits per heavy atom. The molecule has 2 aliphatic heterocycles. The summed E-state index contributed by atoms with van der Waals surface area (Å²) in [6, 6.07) is 17.0. The number of hydrogen-bond acceptors (Lipinski definition) is 2. The van der Waals surface area contributed by atoms with Crippen molar-refractivity contribution in [3.63, 3.8) is 0 Å². The third-order valence-corrected chi connectivity index (χ3v) is 8.13. The summed E-state index contributed by atoms with van der Waals surface area (Å²) in [5.41, 5.74) is 7.88. The minimum Gasteiger partial charge on any atom is -0.341 e. The normalized spacial score (nSPS) is 29.7. The summed E-state index contributed by atoms with van der Waals surface area (Å²) >= 11 is 0. The fraction of sp³-hybridized carbons (Fsp3) is 0.500. The lowest BCUT2D eigenvalue weighted by Gasteiger charge is -2.42. The largest absolute Gasteiger partial charge is 0.341 e. The molecule has 2 nitrogen and oxygen atoms in total. The molecule has 2 aliphatic carbocycles. The van der Waals surface area contributed by atoms with E-state index in [1.807, 2.05) is 0 Å². The van der Waals surface area contributed by atoms with Crippen LogP contribution in [0.3, 0.4) is 0 Å². The highest BCUT2D eigenvalue weighted by atomic mass is 15.4. The van der Waals surface area contributed by atoms with E-state index >= 15 is 0 Å². The zero-order valence-corrected chi connectivity index (χ0v) is 18.4. The van der Waals surface area contributed by atoms with Crippen molar-refractivity contribution in [2.75, 3.05) is 4.90 Å². The van der Waals surface area contributed by atoms with E-state index in [1.54, 1.807) is 0 Å². The first-order valence-electron chi connectivity index (χ1n) is 12.6. The molecular formula is C28H34N2. The van der Waals surface area contributed by atoms with Gasteiger partial charge >= 0.3 is 0 Å². The molecule has 0 aromatic heterocycles. The minimum atomic E-state index is -0.644. The van der Waals surface area contributed by atoms with E-state index in [4.69, 9.17) is 0 Å². The summed E-state index contributed by atoms with van der Waals surface area (Å²) in [7, 11) is 0. The van der Waals surface area contributed by atoms with Crippen LogP contribution in [0.15, 0.2) is 54.2 Å². The van der Waals surface area contributed by atoms with Crippen molar-refractivity contribution in [3.8, 4) is 0 Å². The van der Waals surface area contributed by atoms with Crippen molar-refractivity contribution >= 4 is 11.4 Å². The summed E-state index contributed by atoms with van der Waals surface area (Å²) < 4.78 is 10.1. The molecule has 0 N–H and O–H groups in total. The van der Waals surface area contributed by atoms with Gasteiger partial charge in [-0.2, -0.15) is 0 Å². The number of aryl methyl sites for hydroxylation is 1. The molecule has 0 bridgehead atoms. The lowest BCUT2D eigenvalue weighted by Crippen LogP contribution is -2.46. The highest BCUT2D eigenvalue weighted by molar-refractivity contribution is 5.82. The van der Waals surface area contributed by atoms with Crippen LogP contribution in [0.25, 0.3) is 5.70 Å². The summed E-state index contributed by atoms with van der Waals surface area (Å²) in [6.07, 6.45) is 10.4. The molecule has 2 unspecified atom stereocenters. The van der Waals surface area contributed by atoms with E-state index < -0.39 is 6.02 Å². The van der Waals surface area contributed by atoms with Gasteiger partial charge in [-0.15, -0.1) is 0 Å². The van der Waals surface area contributed by atoms with Gasteiger partial charge in [0.15, 0.2) is 0 Å². The monoisotopic (exact) mass is 399 g/mol. The van der Waals surface area contributed by atoms with E-state index in [-0.39, 0.29) is 6.17 Å². The van der Waals surface area contributed by atoms with Crippen LogP contribution in [0, 0.1) is 18.8 Å². The highest BCUT2D eigenvalue weighted by Crippen LogP contribution is 2.57. The molecule has 2 heterocycles. The van der Waals surface area contributed by atoms with Crippen LogP contribution in [-0.2, 0) is 0 Å². The molecule has 0 saturated heterocycles. The van der Waals surface area contributed by atoms with Crippen LogP contribution in [0.4, 0.5) is 5.69 Å². The van der Waals surface area contributed by atoms with E-state index in [0.717, 1.165) is 0 Å². The van der Waals surface area contributed by atoms with Crippen LogP contribution in [0.1, 0.15) is 82.4 Å². The lowest BCUT2D eigenvalue weighted by molar-refractivity contribution is 0.146. The van der Waals surface area contributed by atoms with Gasteiger partial charge in [-0.05, 0) is 68.6 Å². The van der Waals surface area contributed by atoms with E-state index in [0.29, 0.717) is 11.8 Å². The third kappa shape index (κ3) is 2.62. The summed E-state index contributed by atoms with van der Waals surface area (Å²) in [5, 5.41) is 0. The molecule has 2 aromatic carbocycles. The predicted molar refractivity (Wildman–Crippen MR) is 125 cm³/mol. The van der Waals surface area contributed by atoms with Gasteiger partial charge in [0, 0.05) is 16.9 Å². The number of anilines is 1. The van der Waals surface area contributed by atoms with Gasteiger partial charge in [-0.25, -0.2) is 0 Å². The van der Waals surface area contributed by atoms with E-state index in [9.17, 15) is 1.37 Å². The summed E-state index contributed by atoms with van der Waals surface area (Å²) in [4.78, 5) is 5.22. The van der Waals surface area contributed by atoms with Gasteiger partial charge in [-0.1, -0.05) is 68.1 Å². The third-order valence-electron chi connectivity index (χ3n) is 8.13. The molecule has 0 spiro atoms. The summed E-state index contributed by atoms with van der Waals surface area (Å²) in [5.74, 6) is 1.03. The van der Waals surface area contributed by atoms with Gasteiger partial charge in [0.1, 0.15) is 6.17 Å². The van der Waals surface area contributed by atoms with Crippen molar-refractivity contribution in [1.29, 1.82) is 0 Å². The molecule has 2 saturated carbocycles. The Morgan fingerprint density at radius 3 is 2.17 bits per heavy atom. The number of benzene rings is 2. The second-order valence-corrected chi connectivity index (χ2v) is 9.83. The molecule has 30 heavy (non-hydrogen) atoms. The Balaban J connectivity index is 1.59. The molecule has 2 aromatic rings. The molecule has 0 radical (unpaired) electrons. The quantitative estimate of drug-likeness (QED) is 0.535. The van der Waals surface area contributed by atoms with Crippen LogP contribution < -0.4 is 4.90 Å². The van der Waals surface area contributed by atoms with Crippen molar-refractivity contribution in [2.45, 2.75) is 77.4 Å². The second kappa shape index (κ2) is 7.18. The molecule has 156 valence electrons. The fourth-order valence-electron chi connectivity index (χ4n) is 6.81. The van der Waals surface area contributed by atoms with Gasteiger partial charge in [0.25, 0.3) is 0 Å². The standard InChI is InChI=1S/C28H34N2/c1-19-11-3-10-18-25(19)29-20(2)26-23-16-8-9-17-24(23)27(21-12-4-5-13-21)30(26)28(29)22-14-6-7-15-22/h3,8-11,16-18,21-22,27-28H,4-7,12-15H2,1-2H3/i27D. The zero-order chi connectivity index (χ0) is 21.2. The highest BCUT2D eigenvalue weighted by Gasteiger charge is 2.52. The average Bonchev–Trinajstić information content (AvgIpc) is 3.56. The SMILES string of the molecule is [2H]C1(C2CCCC2)c2ccccc2C2=C(C)N(c3ccccc3C)C(C3CCCC3)N21. The number of hydrogen-bond donors (Lipinski definition) is 0. The molecule has 2 heteroatoms. The first-order valence-corrected chi connectivity index (χ1v) is 12.1. The number of nitrogens with zero attached hydrogens (tertiary/aromatic N) is 2. The Morgan fingerprint density at radius 1 is 0.800 bits per heavy atom. The second-order valence-electron chi connectivity index (χ2n) is 9.83. The molecule has 2 fully saturated rings. The topological polar surface area (TPSA) is 6.48 Å². The van der Waals surface area contributed by atoms with Gasteiger partial charge in [0.05, 0.1) is 13.1 Å². The van der Waals surface area contributed by atoms with E-state index in [2.05, 4.69) is 72.2 Å². The lowest BCUT2D eigenvalue weighted by atomic mass is 9.89. The van der Waals surface area contributed by atoms with Crippen molar-refractivity contribution < 1.29 is 1.37 Å². The maximum Gasteiger partial charge on any atom is 0.110 e. The van der Waals surface area contributed by atoms with Gasteiger partial charge in [-0.3, -0.25) is 0 Å². The average molecular weight is 400 g/mol. The molecule has 4 aliphatic rings. The first-order chi connectivity index (χ1) is 15.1. The van der Waals surface area contributed by atoms with Gasteiger partial charge < -0.3 is 9.80 Å². The maximum atomic E-state index is 10.1.